The zero-order chi connectivity index (χ0) is 11.3. The summed E-state index contributed by atoms with van der Waals surface area (Å²) in [6, 6.07) is 3.82. The van der Waals surface area contributed by atoms with E-state index in [-0.39, 0.29) is 5.97 Å². The lowest BCUT2D eigenvalue weighted by Gasteiger charge is -2.16. The van der Waals surface area contributed by atoms with Crippen LogP contribution in [0.3, 0.4) is 0 Å². The second-order valence-electron chi connectivity index (χ2n) is 3.22. The van der Waals surface area contributed by atoms with Crippen LogP contribution in [0.15, 0.2) is 12.1 Å². The number of nitrogens with zero attached hydrogens (tertiary/aromatic N) is 1. The Hall–Kier alpha value is -0.870. The minimum Gasteiger partial charge on any atom is -0.465 e. The molecule has 0 aliphatic rings. The molecule has 1 aromatic heterocycles. The Bertz CT molecular complexity index is 318. The summed E-state index contributed by atoms with van der Waals surface area (Å²) in [7, 11) is 1.41. The molecule has 0 spiro atoms. The second-order valence-corrected chi connectivity index (χ2v) is 4.39. The number of thiophene rings is 1. The molecule has 0 N–H and O–H groups in total. The molecule has 0 amide bonds. The van der Waals surface area contributed by atoms with Crippen LogP contribution in [0.4, 0.5) is 0 Å². The van der Waals surface area contributed by atoms with Crippen molar-refractivity contribution in [3.63, 3.8) is 0 Å². The van der Waals surface area contributed by atoms with E-state index in [2.05, 4.69) is 23.5 Å². The smallest absolute Gasteiger partial charge is 0.348 e. The van der Waals surface area contributed by atoms with Gasteiger partial charge in [0.15, 0.2) is 0 Å². The van der Waals surface area contributed by atoms with E-state index in [1.807, 2.05) is 12.1 Å². The van der Waals surface area contributed by atoms with E-state index in [1.165, 1.54) is 23.3 Å². The van der Waals surface area contributed by atoms with E-state index in [1.54, 1.807) is 0 Å². The number of ether oxygens (including phenoxy) is 1. The number of methoxy groups -OCH3 is 1. The van der Waals surface area contributed by atoms with Crippen molar-refractivity contribution in [2.45, 2.75) is 20.4 Å². The van der Waals surface area contributed by atoms with E-state index in [9.17, 15) is 4.79 Å². The fourth-order valence-electron chi connectivity index (χ4n) is 1.34. The summed E-state index contributed by atoms with van der Waals surface area (Å²) in [5, 5.41) is 0. The molecule has 0 aliphatic heterocycles. The molecule has 0 aliphatic carbocycles. The third-order valence-electron chi connectivity index (χ3n) is 2.32. The quantitative estimate of drug-likeness (QED) is 0.723. The molecular weight excluding hydrogens is 210 g/mol. The molecule has 0 saturated heterocycles. The molecular formula is C11H17NO2S. The zero-order valence-electron chi connectivity index (χ0n) is 9.45. The van der Waals surface area contributed by atoms with Crippen molar-refractivity contribution in [1.82, 2.24) is 4.90 Å². The largest absolute Gasteiger partial charge is 0.465 e. The number of hydrogen-bond acceptors (Lipinski definition) is 4. The van der Waals surface area contributed by atoms with Crippen LogP contribution in [-0.2, 0) is 11.3 Å². The third kappa shape index (κ3) is 3.32. The van der Waals surface area contributed by atoms with Crippen molar-refractivity contribution in [3.8, 4) is 0 Å². The van der Waals surface area contributed by atoms with Gasteiger partial charge in [-0.15, -0.1) is 11.3 Å². The van der Waals surface area contributed by atoms with Crippen molar-refractivity contribution >= 4 is 17.3 Å². The summed E-state index contributed by atoms with van der Waals surface area (Å²) in [5.41, 5.74) is 0. The van der Waals surface area contributed by atoms with Gasteiger partial charge in [-0.05, 0) is 25.2 Å². The molecule has 1 rings (SSSR count). The van der Waals surface area contributed by atoms with Gasteiger partial charge in [0, 0.05) is 11.4 Å². The maximum Gasteiger partial charge on any atom is 0.348 e. The SMILES string of the molecule is CCN(CC)Cc1ccc(C(=O)OC)s1. The summed E-state index contributed by atoms with van der Waals surface area (Å²) in [6.07, 6.45) is 0. The molecule has 1 aromatic rings. The Morgan fingerprint density at radius 3 is 2.60 bits per heavy atom. The predicted octanol–water partition coefficient (Wildman–Crippen LogP) is 2.38. The Morgan fingerprint density at radius 1 is 1.40 bits per heavy atom. The van der Waals surface area contributed by atoms with Gasteiger partial charge in [0.2, 0.25) is 0 Å². The van der Waals surface area contributed by atoms with E-state index in [0.717, 1.165) is 19.6 Å². The zero-order valence-corrected chi connectivity index (χ0v) is 10.3. The van der Waals surface area contributed by atoms with Gasteiger partial charge in [0.05, 0.1) is 7.11 Å². The van der Waals surface area contributed by atoms with Crippen LogP contribution in [-0.4, -0.2) is 31.1 Å². The molecule has 1 heterocycles. The van der Waals surface area contributed by atoms with Gasteiger partial charge in [0.1, 0.15) is 4.88 Å². The lowest BCUT2D eigenvalue weighted by Crippen LogP contribution is -2.21. The molecule has 0 saturated carbocycles. The highest BCUT2D eigenvalue weighted by molar-refractivity contribution is 7.13. The summed E-state index contributed by atoms with van der Waals surface area (Å²) in [5.74, 6) is -0.245. The van der Waals surface area contributed by atoms with Gasteiger partial charge in [-0.3, -0.25) is 4.90 Å². The molecule has 84 valence electrons. The fraction of sp³-hybridized carbons (Fsp3) is 0.545. The number of esters is 1. The second kappa shape index (κ2) is 5.88. The summed E-state index contributed by atoms with van der Waals surface area (Å²) < 4.78 is 4.67. The molecule has 0 bridgehead atoms. The summed E-state index contributed by atoms with van der Waals surface area (Å²) in [4.78, 5) is 15.4. The summed E-state index contributed by atoms with van der Waals surface area (Å²) >= 11 is 1.51. The van der Waals surface area contributed by atoms with E-state index < -0.39 is 0 Å². The van der Waals surface area contributed by atoms with Crippen molar-refractivity contribution in [3.05, 3.63) is 21.9 Å². The van der Waals surface area contributed by atoms with E-state index >= 15 is 0 Å². The normalized spacial score (nSPS) is 10.7. The topological polar surface area (TPSA) is 29.5 Å². The van der Waals surface area contributed by atoms with Crippen molar-refractivity contribution in [2.75, 3.05) is 20.2 Å². The maximum atomic E-state index is 11.2. The molecule has 3 nitrogen and oxygen atoms in total. The number of carbonyl (C=O) groups is 1. The molecule has 0 radical (unpaired) electrons. The molecule has 0 fully saturated rings. The minimum atomic E-state index is -0.245. The fourth-order valence-corrected chi connectivity index (χ4v) is 2.31. The number of rotatable bonds is 5. The Kier molecular flexibility index (Phi) is 4.78. The number of carbonyl (C=O) groups excluding carboxylic acids is 1. The summed E-state index contributed by atoms with van der Waals surface area (Å²) in [6.45, 7) is 7.25. The minimum absolute atomic E-state index is 0.245. The van der Waals surface area contributed by atoms with Crippen LogP contribution in [0.5, 0.6) is 0 Å². The Morgan fingerprint density at radius 2 is 2.07 bits per heavy atom. The third-order valence-corrected chi connectivity index (χ3v) is 3.37. The number of hydrogen-bond donors (Lipinski definition) is 0. The first kappa shape index (κ1) is 12.2. The van der Waals surface area contributed by atoms with Crippen LogP contribution < -0.4 is 0 Å². The van der Waals surface area contributed by atoms with Crippen LogP contribution in [0.2, 0.25) is 0 Å². The standard InChI is InChI=1S/C11H17NO2S/c1-4-12(5-2)8-9-6-7-10(15-9)11(13)14-3/h6-7H,4-5,8H2,1-3H3. The van der Waals surface area contributed by atoms with E-state index in [4.69, 9.17) is 0 Å². The highest BCUT2D eigenvalue weighted by atomic mass is 32.1. The molecule has 4 heteroatoms. The first-order valence-corrected chi connectivity index (χ1v) is 5.92. The van der Waals surface area contributed by atoms with Gasteiger partial charge in [-0.1, -0.05) is 13.8 Å². The van der Waals surface area contributed by atoms with Gasteiger partial charge < -0.3 is 4.74 Å². The monoisotopic (exact) mass is 227 g/mol. The highest BCUT2D eigenvalue weighted by Crippen LogP contribution is 2.18. The van der Waals surface area contributed by atoms with Crippen molar-refractivity contribution in [1.29, 1.82) is 0 Å². The molecule has 0 aromatic carbocycles. The van der Waals surface area contributed by atoms with Crippen LogP contribution in [0, 0.1) is 0 Å². The van der Waals surface area contributed by atoms with Gasteiger partial charge in [0.25, 0.3) is 0 Å². The lowest BCUT2D eigenvalue weighted by molar-refractivity contribution is 0.0606. The van der Waals surface area contributed by atoms with Crippen molar-refractivity contribution in [2.24, 2.45) is 0 Å². The molecule has 0 unspecified atom stereocenters. The average molecular weight is 227 g/mol. The molecule has 15 heavy (non-hydrogen) atoms. The van der Waals surface area contributed by atoms with Crippen LogP contribution in [0.25, 0.3) is 0 Å². The average Bonchev–Trinajstić information content (AvgIpc) is 2.73. The Balaban J connectivity index is 2.63. The molecule has 0 atom stereocenters. The van der Waals surface area contributed by atoms with E-state index in [0.29, 0.717) is 4.88 Å². The van der Waals surface area contributed by atoms with Gasteiger partial charge in [-0.25, -0.2) is 4.79 Å². The predicted molar refractivity (Wildman–Crippen MR) is 62.3 cm³/mol. The first-order valence-electron chi connectivity index (χ1n) is 5.10. The maximum absolute atomic E-state index is 11.2. The van der Waals surface area contributed by atoms with Gasteiger partial charge >= 0.3 is 5.97 Å². The van der Waals surface area contributed by atoms with Crippen LogP contribution in [0.1, 0.15) is 28.4 Å². The van der Waals surface area contributed by atoms with Crippen molar-refractivity contribution < 1.29 is 9.53 Å². The van der Waals surface area contributed by atoms with Gasteiger partial charge in [-0.2, -0.15) is 0 Å². The highest BCUT2D eigenvalue weighted by Gasteiger charge is 2.10. The van der Waals surface area contributed by atoms with Crippen LogP contribution >= 0.6 is 11.3 Å². The Labute approximate surface area is 94.7 Å². The lowest BCUT2D eigenvalue weighted by atomic mass is 10.4. The first-order chi connectivity index (χ1) is 7.21.